The molecule has 0 bridgehead atoms. The maximum Gasteiger partial charge on any atom is 0.257 e. The summed E-state index contributed by atoms with van der Waals surface area (Å²) in [6, 6.07) is 31.2. The maximum atomic E-state index is 14.4. The molecule has 0 spiro atoms. The highest BCUT2D eigenvalue weighted by Crippen LogP contribution is 2.44. The van der Waals surface area contributed by atoms with Crippen molar-refractivity contribution in [2.75, 3.05) is 18.5 Å². The summed E-state index contributed by atoms with van der Waals surface area (Å²) in [5.41, 5.74) is 10.9. The predicted octanol–water partition coefficient (Wildman–Crippen LogP) is 7.29. The van der Waals surface area contributed by atoms with Gasteiger partial charge in [0.25, 0.3) is 5.91 Å². The molecule has 1 heterocycles. The second-order valence-corrected chi connectivity index (χ2v) is 10.6. The summed E-state index contributed by atoms with van der Waals surface area (Å²) in [6.45, 7) is 0.447. The van der Waals surface area contributed by atoms with Crippen molar-refractivity contribution in [1.29, 1.82) is 0 Å². The van der Waals surface area contributed by atoms with E-state index in [0.717, 1.165) is 10.0 Å². The van der Waals surface area contributed by atoms with E-state index in [9.17, 15) is 10.3 Å². The summed E-state index contributed by atoms with van der Waals surface area (Å²) in [7, 11) is 0. The highest BCUT2D eigenvalue weighted by atomic mass is 79.9. The van der Waals surface area contributed by atoms with Gasteiger partial charge in [0.2, 0.25) is 5.90 Å². The Hall–Kier alpha value is -4.63. The Kier molecular flexibility index (Phi) is 9.18. The number of nitrogens with zero attached hydrogens (tertiary/aromatic N) is 4. The van der Waals surface area contributed by atoms with Gasteiger partial charge in [-0.2, -0.15) is 0 Å². The van der Waals surface area contributed by atoms with Crippen molar-refractivity contribution < 1.29 is 19.4 Å². The van der Waals surface area contributed by atoms with E-state index in [4.69, 9.17) is 19.6 Å². The fourth-order valence-electron chi connectivity index (χ4n) is 4.78. The largest absolute Gasteiger partial charge is 0.494 e. The van der Waals surface area contributed by atoms with Gasteiger partial charge in [-0.1, -0.05) is 75.6 Å². The molecular weight excluding hydrogens is 598 g/mol. The molecule has 4 aromatic carbocycles. The number of ether oxygens (including phenoxy) is 2. The lowest BCUT2D eigenvalue weighted by Gasteiger charge is -2.31. The molecule has 1 amide bonds. The van der Waals surface area contributed by atoms with Crippen LogP contribution < -0.4 is 10.1 Å². The molecule has 212 valence electrons. The van der Waals surface area contributed by atoms with E-state index in [1.807, 2.05) is 78.9 Å². The number of carbonyl (C=O) groups excluding carboxylic acids is 1. The monoisotopic (exact) mass is 625 g/mol. The molecule has 0 saturated carbocycles. The van der Waals surface area contributed by atoms with Crippen LogP contribution >= 0.6 is 15.9 Å². The Bertz CT molecular complexity index is 1610. The molecule has 5 rings (SSSR count). The zero-order chi connectivity index (χ0) is 29.4. The minimum absolute atomic E-state index is 0.0517. The number of para-hydroxylation sites is 1. The Morgan fingerprint density at radius 1 is 1.02 bits per heavy atom. The minimum atomic E-state index is -1.46. The zero-order valence-corrected chi connectivity index (χ0v) is 24.1. The van der Waals surface area contributed by atoms with Gasteiger partial charge in [-0.15, -0.1) is 0 Å². The molecule has 0 aliphatic carbocycles. The fourth-order valence-corrected chi connectivity index (χ4v) is 5.04. The highest BCUT2D eigenvalue weighted by Gasteiger charge is 2.53. The van der Waals surface area contributed by atoms with Gasteiger partial charge >= 0.3 is 0 Å². The van der Waals surface area contributed by atoms with Crippen LogP contribution in [0.1, 0.15) is 29.2 Å². The molecule has 0 saturated heterocycles. The number of aliphatic imine (C=N–C) groups is 1. The Morgan fingerprint density at radius 3 is 2.45 bits per heavy atom. The smallest absolute Gasteiger partial charge is 0.257 e. The first-order valence-corrected chi connectivity index (χ1v) is 14.2. The van der Waals surface area contributed by atoms with Gasteiger partial charge in [0, 0.05) is 45.8 Å². The number of hydrogen-bond acceptors (Lipinski definition) is 6. The number of azide groups is 1. The van der Waals surface area contributed by atoms with Crippen LogP contribution in [-0.2, 0) is 16.0 Å². The topological polar surface area (TPSA) is 129 Å². The van der Waals surface area contributed by atoms with Gasteiger partial charge in [0.15, 0.2) is 11.6 Å². The Morgan fingerprint density at radius 2 is 1.74 bits per heavy atom. The van der Waals surface area contributed by atoms with Crippen molar-refractivity contribution >= 4 is 39.1 Å². The van der Waals surface area contributed by atoms with Gasteiger partial charge in [-0.3, -0.25) is 4.79 Å². The number of hydrogen-bond donors (Lipinski definition) is 2. The molecule has 10 heteroatoms. The molecule has 0 fully saturated rings. The van der Waals surface area contributed by atoms with Crippen LogP contribution in [0.4, 0.5) is 11.4 Å². The average molecular weight is 627 g/mol. The van der Waals surface area contributed by atoms with Crippen molar-refractivity contribution in [2.45, 2.75) is 24.5 Å². The van der Waals surface area contributed by atoms with Crippen LogP contribution in [0.2, 0.25) is 0 Å². The lowest BCUT2D eigenvalue weighted by atomic mass is 9.81. The molecule has 0 radical (unpaired) electrons. The van der Waals surface area contributed by atoms with Crippen molar-refractivity contribution in [3.63, 3.8) is 0 Å². The number of carbonyl (C=O) groups is 1. The number of aliphatic hydroxyl groups excluding tert-OH is 1. The molecule has 2 N–H and O–H groups in total. The summed E-state index contributed by atoms with van der Waals surface area (Å²) in [5.74, 6) is 0.581. The van der Waals surface area contributed by atoms with Gasteiger partial charge in [-0.25, -0.2) is 4.99 Å². The van der Waals surface area contributed by atoms with E-state index < -0.39 is 11.6 Å². The van der Waals surface area contributed by atoms with Gasteiger partial charge < -0.3 is 19.9 Å². The van der Waals surface area contributed by atoms with Crippen molar-refractivity contribution in [3.05, 3.63) is 135 Å². The first-order chi connectivity index (χ1) is 20.5. The number of benzene rings is 4. The normalized spacial score (nSPS) is 17.5. The van der Waals surface area contributed by atoms with E-state index >= 15 is 0 Å². The van der Waals surface area contributed by atoms with Crippen LogP contribution in [0.15, 0.2) is 118 Å². The number of anilines is 1. The molecule has 42 heavy (non-hydrogen) atoms. The van der Waals surface area contributed by atoms with E-state index in [2.05, 4.69) is 31.3 Å². The summed E-state index contributed by atoms with van der Waals surface area (Å²) >= 11 is 3.49. The van der Waals surface area contributed by atoms with Gasteiger partial charge in [-0.05, 0) is 65.2 Å². The third-order valence-corrected chi connectivity index (χ3v) is 7.37. The van der Waals surface area contributed by atoms with Crippen molar-refractivity contribution in [3.8, 4) is 5.75 Å². The summed E-state index contributed by atoms with van der Waals surface area (Å²) < 4.78 is 13.1. The zero-order valence-electron chi connectivity index (χ0n) is 22.6. The van der Waals surface area contributed by atoms with Gasteiger partial charge in [0.1, 0.15) is 5.75 Å². The fraction of sp³-hybridized carbons (Fsp3) is 0.188. The van der Waals surface area contributed by atoms with Crippen molar-refractivity contribution in [1.82, 2.24) is 0 Å². The molecule has 2 atom stereocenters. The lowest BCUT2D eigenvalue weighted by Crippen LogP contribution is -2.46. The first kappa shape index (κ1) is 28.9. The van der Waals surface area contributed by atoms with E-state index in [-0.39, 0.29) is 18.9 Å². The highest BCUT2D eigenvalue weighted by molar-refractivity contribution is 9.10. The maximum absolute atomic E-state index is 14.4. The van der Waals surface area contributed by atoms with Crippen LogP contribution in [0.3, 0.4) is 0 Å². The van der Waals surface area contributed by atoms with E-state index in [1.165, 1.54) is 0 Å². The third-order valence-electron chi connectivity index (χ3n) is 6.84. The molecule has 1 aliphatic heterocycles. The summed E-state index contributed by atoms with van der Waals surface area (Å²) in [6.07, 6.45) is -0.167. The number of rotatable bonds is 11. The van der Waals surface area contributed by atoms with E-state index in [0.29, 0.717) is 47.2 Å². The van der Waals surface area contributed by atoms with Crippen LogP contribution in [0.5, 0.6) is 5.75 Å². The minimum Gasteiger partial charge on any atom is -0.494 e. The molecule has 1 aliphatic rings. The molecular formula is C32H28BrN5O4. The van der Waals surface area contributed by atoms with Crippen LogP contribution in [0.25, 0.3) is 10.4 Å². The predicted molar refractivity (Wildman–Crippen MR) is 165 cm³/mol. The quantitative estimate of drug-likeness (QED) is 0.0784. The van der Waals surface area contributed by atoms with Gasteiger partial charge in [0.05, 0.1) is 6.61 Å². The van der Waals surface area contributed by atoms with Crippen LogP contribution in [-0.4, -0.2) is 35.7 Å². The standard InChI is InChI=1S/C32H28BrN5O4/c33-25-15-11-22(12-16-25)29-32(31(40)35-26-8-2-1-3-9-26,21-24-7-4-5-10-28(24)37-38-34)36-30(42-29)23-13-17-27(18-14-23)41-20-6-19-39/h1-5,7-18,29,39H,6,19-21H2,(H,35,40)/t29-,32-/m1/s1. The lowest BCUT2D eigenvalue weighted by molar-refractivity contribution is -0.123. The molecule has 9 nitrogen and oxygen atoms in total. The third kappa shape index (κ3) is 6.47. The van der Waals surface area contributed by atoms with Crippen molar-refractivity contribution in [2.24, 2.45) is 10.1 Å². The second-order valence-electron chi connectivity index (χ2n) is 9.66. The molecule has 0 unspecified atom stereocenters. The summed E-state index contributed by atoms with van der Waals surface area (Å²) in [5, 5.41) is 15.9. The molecule has 4 aromatic rings. The molecule has 0 aromatic heterocycles. The number of aliphatic hydroxyl groups is 1. The number of halogens is 1. The number of nitrogens with one attached hydrogen (secondary N) is 1. The van der Waals surface area contributed by atoms with Crippen LogP contribution in [0, 0.1) is 0 Å². The first-order valence-electron chi connectivity index (χ1n) is 13.4. The summed E-state index contributed by atoms with van der Waals surface area (Å²) in [4.78, 5) is 22.4. The second kappa shape index (κ2) is 13.4. The Labute approximate surface area is 251 Å². The Balaban J connectivity index is 1.62. The number of amides is 1. The average Bonchev–Trinajstić information content (AvgIpc) is 3.40. The SMILES string of the molecule is [N-]=[N+]=Nc1ccccc1C[C@@]1(C(=O)Nc2ccccc2)N=C(c2ccc(OCCCO)cc2)O[C@@H]1c1ccc(Br)cc1. The van der Waals surface area contributed by atoms with E-state index in [1.54, 1.807) is 24.3 Å².